The standard InChI is InChI=1S/C19H25NO3/c1-12-10-18(22)23-19-15(12)8-9-17(21)16(19)11-20-13(2)14-6-4-3-5-7-14/h8-10,13-14,20-21H,3-7,11H2,1-2H3. The maximum atomic E-state index is 11.7. The lowest BCUT2D eigenvalue weighted by molar-refractivity contribution is 0.280. The van der Waals surface area contributed by atoms with Crippen LogP contribution in [-0.4, -0.2) is 11.1 Å². The molecular formula is C19H25NO3. The van der Waals surface area contributed by atoms with Gasteiger partial charge >= 0.3 is 5.63 Å². The van der Waals surface area contributed by atoms with Gasteiger partial charge in [-0.1, -0.05) is 19.3 Å². The Kier molecular flexibility index (Phi) is 4.71. The van der Waals surface area contributed by atoms with Crippen LogP contribution in [-0.2, 0) is 6.54 Å². The van der Waals surface area contributed by atoms with Gasteiger partial charge in [-0.05, 0) is 50.3 Å². The minimum Gasteiger partial charge on any atom is -0.507 e. The molecule has 23 heavy (non-hydrogen) atoms. The molecule has 2 N–H and O–H groups in total. The van der Waals surface area contributed by atoms with Gasteiger partial charge in [0, 0.05) is 24.0 Å². The van der Waals surface area contributed by atoms with Crippen LogP contribution in [0.4, 0.5) is 0 Å². The zero-order chi connectivity index (χ0) is 16.4. The summed E-state index contributed by atoms with van der Waals surface area (Å²) in [5, 5.41) is 14.6. The minimum atomic E-state index is -0.373. The third-order valence-corrected chi connectivity index (χ3v) is 5.16. The molecule has 1 fully saturated rings. The van der Waals surface area contributed by atoms with Gasteiger partial charge in [0.2, 0.25) is 0 Å². The summed E-state index contributed by atoms with van der Waals surface area (Å²) in [6.45, 7) is 4.60. The zero-order valence-electron chi connectivity index (χ0n) is 13.9. The molecular weight excluding hydrogens is 290 g/mol. The van der Waals surface area contributed by atoms with Gasteiger partial charge in [0.15, 0.2) is 0 Å². The second-order valence-electron chi connectivity index (χ2n) is 6.76. The molecule has 1 atom stereocenters. The van der Waals surface area contributed by atoms with Crippen molar-refractivity contribution in [3.63, 3.8) is 0 Å². The fourth-order valence-corrected chi connectivity index (χ4v) is 3.66. The summed E-state index contributed by atoms with van der Waals surface area (Å²) < 4.78 is 5.38. The average molecular weight is 315 g/mol. The van der Waals surface area contributed by atoms with Gasteiger partial charge in [0.25, 0.3) is 0 Å². The van der Waals surface area contributed by atoms with Crippen LogP contribution in [0.15, 0.2) is 27.4 Å². The number of phenolic OH excluding ortho intramolecular Hbond substituents is 1. The van der Waals surface area contributed by atoms with Crippen molar-refractivity contribution in [2.45, 2.75) is 58.5 Å². The first-order chi connectivity index (χ1) is 11.1. The Labute approximate surface area is 136 Å². The van der Waals surface area contributed by atoms with Gasteiger partial charge in [-0.15, -0.1) is 0 Å². The highest BCUT2D eigenvalue weighted by Crippen LogP contribution is 2.30. The maximum Gasteiger partial charge on any atom is 0.336 e. The summed E-state index contributed by atoms with van der Waals surface area (Å²) in [6.07, 6.45) is 6.50. The van der Waals surface area contributed by atoms with Crippen molar-refractivity contribution < 1.29 is 9.52 Å². The Balaban J connectivity index is 1.84. The largest absolute Gasteiger partial charge is 0.507 e. The van der Waals surface area contributed by atoms with Crippen LogP contribution < -0.4 is 10.9 Å². The molecule has 0 saturated heterocycles. The molecule has 1 aliphatic rings. The fraction of sp³-hybridized carbons (Fsp3) is 0.526. The number of aryl methyl sites for hydroxylation is 1. The number of hydrogen-bond donors (Lipinski definition) is 2. The number of hydrogen-bond acceptors (Lipinski definition) is 4. The third-order valence-electron chi connectivity index (χ3n) is 5.16. The highest BCUT2D eigenvalue weighted by atomic mass is 16.4. The monoisotopic (exact) mass is 315 g/mol. The Morgan fingerprint density at radius 1 is 1.30 bits per heavy atom. The van der Waals surface area contributed by atoms with Crippen LogP contribution in [0.25, 0.3) is 11.0 Å². The lowest BCUT2D eigenvalue weighted by Crippen LogP contribution is -2.34. The van der Waals surface area contributed by atoms with Crippen LogP contribution in [0.5, 0.6) is 5.75 Å². The molecule has 1 unspecified atom stereocenters. The van der Waals surface area contributed by atoms with Gasteiger partial charge in [-0.3, -0.25) is 0 Å². The second-order valence-corrected chi connectivity index (χ2v) is 6.76. The van der Waals surface area contributed by atoms with E-state index in [4.69, 9.17) is 4.42 Å². The summed E-state index contributed by atoms with van der Waals surface area (Å²) in [7, 11) is 0. The number of nitrogens with one attached hydrogen (secondary N) is 1. The number of aromatic hydroxyl groups is 1. The molecule has 0 aliphatic heterocycles. The summed E-state index contributed by atoms with van der Waals surface area (Å²) in [6, 6.07) is 5.36. The molecule has 1 aliphatic carbocycles. The van der Waals surface area contributed by atoms with E-state index < -0.39 is 0 Å². The van der Waals surface area contributed by atoms with Gasteiger partial charge in [-0.2, -0.15) is 0 Å². The number of rotatable bonds is 4. The minimum absolute atomic E-state index is 0.176. The van der Waals surface area contributed by atoms with Crippen molar-refractivity contribution in [1.82, 2.24) is 5.32 Å². The van der Waals surface area contributed by atoms with Crippen molar-refractivity contribution >= 4 is 11.0 Å². The average Bonchev–Trinajstić information content (AvgIpc) is 2.54. The molecule has 124 valence electrons. The molecule has 0 spiro atoms. The van der Waals surface area contributed by atoms with E-state index in [9.17, 15) is 9.90 Å². The first kappa shape index (κ1) is 16.1. The van der Waals surface area contributed by atoms with Crippen LogP contribution in [0.1, 0.15) is 50.2 Å². The Bertz CT molecular complexity index is 744. The van der Waals surface area contributed by atoms with Crippen LogP contribution in [0, 0.1) is 12.8 Å². The molecule has 0 radical (unpaired) electrons. The predicted molar refractivity (Wildman–Crippen MR) is 91.8 cm³/mol. The van der Waals surface area contributed by atoms with Crippen molar-refractivity contribution in [1.29, 1.82) is 0 Å². The molecule has 2 aromatic rings. The zero-order valence-corrected chi connectivity index (χ0v) is 13.9. The van der Waals surface area contributed by atoms with E-state index in [2.05, 4.69) is 12.2 Å². The van der Waals surface area contributed by atoms with Gasteiger partial charge < -0.3 is 14.8 Å². The second kappa shape index (κ2) is 6.75. The summed E-state index contributed by atoms with van der Waals surface area (Å²) in [5.41, 5.74) is 1.67. The smallest absolute Gasteiger partial charge is 0.336 e. The summed E-state index contributed by atoms with van der Waals surface area (Å²) in [4.78, 5) is 11.7. The first-order valence-corrected chi connectivity index (χ1v) is 8.55. The normalized spacial score (nSPS) is 17.5. The maximum absolute atomic E-state index is 11.7. The van der Waals surface area contributed by atoms with Crippen LogP contribution >= 0.6 is 0 Å². The van der Waals surface area contributed by atoms with Crippen LogP contribution in [0.2, 0.25) is 0 Å². The van der Waals surface area contributed by atoms with E-state index in [1.807, 2.05) is 6.92 Å². The lowest BCUT2D eigenvalue weighted by Gasteiger charge is -2.28. The first-order valence-electron chi connectivity index (χ1n) is 8.55. The number of benzene rings is 1. The quantitative estimate of drug-likeness (QED) is 0.841. The molecule has 4 nitrogen and oxygen atoms in total. The summed E-state index contributed by atoms with van der Waals surface area (Å²) >= 11 is 0. The van der Waals surface area contributed by atoms with E-state index in [0.29, 0.717) is 29.7 Å². The van der Waals surface area contributed by atoms with E-state index in [0.717, 1.165) is 10.9 Å². The van der Waals surface area contributed by atoms with E-state index in [-0.39, 0.29) is 11.4 Å². The Hall–Kier alpha value is -1.81. The SMILES string of the molecule is Cc1cc(=O)oc2c(CNC(C)C3CCCCC3)c(O)ccc12. The fourth-order valence-electron chi connectivity index (χ4n) is 3.66. The van der Waals surface area contributed by atoms with Crippen molar-refractivity contribution in [2.24, 2.45) is 5.92 Å². The van der Waals surface area contributed by atoms with Crippen molar-refractivity contribution in [2.75, 3.05) is 0 Å². The van der Waals surface area contributed by atoms with E-state index >= 15 is 0 Å². The highest BCUT2D eigenvalue weighted by Gasteiger charge is 2.20. The lowest BCUT2D eigenvalue weighted by atomic mass is 9.84. The highest BCUT2D eigenvalue weighted by molar-refractivity contribution is 5.84. The van der Waals surface area contributed by atoms with Gasteiger partial charge in [0.05, 0.1) is 5.56 Å². The molecule has 1 heterocycles. The molecule has 4 heteroatoms. The van der Waals surface area contributed by atoms with Crippen LogP contribution in [0.3, 0.4) is 0 Å². The Morgan fingerprint density at radius 3 is 2.78 bits per heavy atom. The topological polar surface area (TPSA) is 62.5 Å². The van der Waals surface area contributed by atoms with E-state index in [1.54, 1.807) is 12.1 Å². The molecule has 1 saturated carbocycles. The molecule has 0 bridgehead atoms. The summed E-state index contributed by atoms with van der Waals surface area (Å²) in [5.74, 6) is 0.865. The Morgan fingerprint density at radius 2 is 2.04 bits per heavy atom. The third kappa shape index (κ3) is 3.42. The molecule has 1 aromatic heterocycles. The van der Waals surface area contributed by atoms with Gasteiger partial charge in [0.1, 0.15) is 11.3 Å². The number of phenols is 1. The van der Waals surface area contributed by atoms with Crippen molar-refractivity contribution in [3.05, 3.63) is 39.7 Å². The predicted octanol–water partition coefficient (Wildman–Crippen LogP) is 3.87. The number of fused-ring (bicyclic) bond motifs is 1. The molecule has 3 rings (SSSR count). The molecule has 1 aromatic carbocycles. The molecule has 0 amide bonds. The van der Waals surface area contributed by atoms with Gasteiger partial charge in [-0.25, -0.2) is 4.79 Å². The van der Waals surface area contributed by atoms with Crippen molar-refractivity contribution in [3.8, 4) is 5.75 Å². The van der Waals surface area contributed by atoms with E-state index in [1.165, 1.54) is 38.2 Å².